The van der Waals surface area contributed by atoms with E-state index in [1.165, 1.54) is 0 Å². The molecule has 0 bridgehead atoms. The third kappa shape index (κ3) is 3.05. The van der Waals surface area contributed by atoms with Crippen molar-refractivity contribution in [2.24, 2.45) is 13.0 Å². The number of aryl methyl sites for hydroxylation is 1. The molecule has 0 unspecified atom stereocenters. The van der Waals surface area contributed by atoms with Crippen LogP contribution in [0.5, 0.6) is 17.2 Å². The highest BCUT2D eigenvalue weighted by atomic mass is 16.7. The number of carbonyl (C=O) groups is 1. The predicted octanol–water partition coefficient (Wildman–Crippen LogP) is 3.23. The topological polar surface area (TPSA) is 74.6 Å². The van der Waals surface area contributed by atoms with Gasteiger partial charge in [0.25, 0.3) is 0 Å². The molecule has 5 rings (SSSR count). The highest BCUT2D eigenvalue weighted by Crippen LogP contribution is 2.35. The van der Waals surface area contributed by atoms with E-state index in [2.05, 4.69) is 10.3 Å². The lowest BCUT2D eigenvalue weighted by Gasteiger charge is -2.07. The van der Waals surface area contributed by atoms with Crippen LogP contribution in [-0.2, 0) is 18.4 Å². The van der Waals surface area contributed by atoms with Gasteiger partial charge in [0, 0.05) is 24.7 Å². The SMILES string of the molecule is Cn1c(COc2ccc3c(c2)OCO3)nc2cc(NC(=O)C3CC3)ccc21. The summed E-state index contributed by atoms with van der Waals surface area (Å²) in [6, 6.07) is 11.3. The average Bonchev–Trinajstić information content (AvgIpc) is 3.35. The van der Waals surface area contributed by atoms with Gasteiger partial charge < -0.3 is 24.1 Å². The van der Waals surface area contributed by atoms with Gasteiger partial charge in [0.2, 0.25) is 12.7 Å². The molecule has 1 saturated carbocycles. The van der Waals surface area contributed by atoms with Crippen molar-refractivity contribution in [2.45, 2.75) is 19.4 Å². The third-order valence-corrected chi connectivity index (χ3v) is 4.90. The maximum atomic E-state index is 11.9. The van der Waals surface area contributed by atoms with Crippen LogP contribution in [0.1, 0.15) is 18.7 Å². The van der Waals surface area contributed by atoms with Crippen LogP contribution in [0.4, 0.5) is 5.69 Å². The van der Waals surface area contributed by atoms with Crippen molar-refractivity contribution in [1.29, 1.82) is 0 Å². The van der Waals surface area contributed by atoms with Crippen LogP contribution < -0.4 is 19.5 Å². The first-order chi connectivity index (χ1) is 13.2. The van der Waals surface area contributed by atoms with Gasteiger partial charge in [-0.2, -0.15) is 0 Å². The predicted molar refractivity (Wildman–Crippen MR) is 99.0 cm³/mol. The summed E-state index contributed by atoms with van der Waals surface area (Å²) < 4.78 is 18.5. The van der Waals surface area contributed by atoms with Crippen LogP contribution in [0.15, 0.2) is 36.4 Å². The van der Waals surface area contributed by atoms with Gasteiger partial charge in [-0.1, -0.05) is 0 Å². The Morgan fingerprint density at radius 2 is 2.07 bits per heavy atom. The lowest BCUT2D eigenvalue weighted by atomic mass is 10.2. The number of rotatable bonds is 5. The van der Waals surface area contributed by atoms with Gasteiger partial charge in [0.15, 0.2) is 11.5 Å². The molecule has 27 heavy (non-hydrogen) atoms. The summed E-state index contributed by atoms with van der Waals surface area (Å²) in [7, 11) is 1.95. The fourth-order valence-corrected chi connectivity index (χ4v) is 3.16. The molecule has 7 nitrogen and oxygen atoms in total. The molecule has 7 heteroatoms. The molecule has 0 atom stereocenters. The smallest absolute Gasteiger partial charge is 0.231 e. The lowest BCUT2D eigenvalue weighted by molar-refractivity contribution is -0.117. The molecule has 1 aliphatic carbocycles. The van der Waals surface area contributed by atoms with E-state index in [1.807, 2.05) is 48.0 Å². The zero-order chi connectivity index (χ0) is 18.4. The van der Waals surface area contributed by atoms with E-state index in [9.17, 15) is 4.79 Å². The number of anilines is 1. The fraction of sp³-hybridized carbons (Fsp3) is 0.300. The van der Waals surface area contributed by atoms with Crippen LogP contribution >= 0.6 is 0 Å². The van der Waals surface area contributed by atoms with Crippen molar-refractivity contribution in [3.8, 4) is 17.2 Å². The second-order valence-electron chi connectivity index (χ2n) is 6.86. The maximum Gasteiger partial charge on any atom is 0.231 e. The number of hydrogen-bond acceptors (Lipinski definition) is 5. The minimum Gasteiger partial charge on any atom is -0.486 e. The maximum absolute atomic E-state index is 11.9. The van der Waals surface area contributed by atoms with Gasteiger partial charge >= 0.3 is 0 Å². The van der Waals surface area contributed by atoms with E-state index in [0.29, 0.717) is 18.1 Å². The third-order valence-electron chi connectivity index (χ3n) is 4.90. The number of carbonyl (C=O) groups excluding carboxylic acids is 1. The van der Waals surface area contributed by atoms with Gasteiger partial charge in [-0.05, 0) is 43.2 Å². The Kier molecular flexibility index (Phi) is 3.67. The van der Waals surface area contributed by atoms with Gasteiger partial charge in [0.05, 0.1) is 11.0 Å². The molecular weight excluding hydrogens is 346 g/mol. The number of nitrogens with one attached hydrogen (secondary N) is 1. The molecule has 1 N–H and O–H groups in total. The zero-order valence-electron chi connectivity index (χ0n) is 14.9. The molecular formula is C20H19N3O4. The van der Waals surface area contributed by atoms with E-state index in [4.69, 9.17) is 14.2 Å². The highest BCUT2D eigenvalue weighted by Gasteiger charge is 2.29. The van der Waals surface area contributed by atoms with Crippen LogP contribution in [0.3, 0.4) is 0 Å². The van der Waals surface area contributed by atoms with Crippen molar-refractivity contribution >= 4 is 22.6 Å². The number of benzene rings is 2. The summed E-state index contributed by atoms with van der Waals surface area (Å²) in [4.78, 5) is 16.6. The number of amides is 1. The monoisotopic (exact) mass is 365 g/mol. The van der Waals surface area contributed by atoms with E-state index in [-0.39, 0.29) is 18.6 Å². The number of imidazole rings is 1. The average molecular weight is 365 g/mol. The van der Waals surface area contributed by atoms with Crippen LogP contribution in [0.25, 0.3) is 11.0 Å². The first-order valence-electron chi connectivity index (χ1n) is 8.96. The molecule has 2 heterocycles. The Bertz CT molecular complexity index is 1040. The van der Waals surface area contributed by atoms with E-state index in [1.54, 1.807) is 0 Å². The van der Waals surface area contributed by atoms with Gasteiger partial charge in [-0.3, -0.25) is 4.79 Å². The quantitative estimate of drug-likeness (QED) is 0.751. The molecule has 1 aromatic heterocycles. The van der Waals surface area contributed by atoms with Crippen molar-refractivity contribution in [2.75, 3.05) is 12.1 Å². The molecule has 1 fully saturated rings. The largest absolute Gasteiger partial charge is 0.486 e. The van der Waals surface area contributed by atoms with Crippen LogP contribution in [0, 0.1) is 5.92 Å². The molecule has 3 aromatic rings. The summed E-state index contributed by atoms with van der Waals surface area (Å²) in [6.45, 7) is 0.567. The Labute approximate surface area is 155 Å². The summed E-state index contributed by atoms with van der Waals surface area (Å²) >= 11 is 0. The van der Waals surface area contributed by atoms with E-state index < -0.39 is 0 Å². The second kappa shape index (κ2) is 6.19. The molecule has 1 aliphatic heterocycles. The van der Waals surface area contributed by atoms with Crippen molar-refractivity contribution in [3.63, 3.8) is 0 Å². The zero-order valence-corrected chi connectivity index (χ0v) is 14.9. The van der Waals surface area contributed by atoms with Crippen LogP contribution in [-0.4, -0.2) is 22.3 Å². The van der Waals surface area contributed by atoms with Crippen molar-refractivity contribution in [3.05, 3.63) is 42.2 Å². The molecule has 2 aromatic carbocycles. The Morgan fingerprint density at radius 1 is 1.22 bits per heavy atom. The van der Waals surface area contributed by atoms with Gasteiger partial charge in [-0.25, -0.2) is 4.98 Å². The fourth-order valence-electron chi connectivity index (χ4n) is 3.16. The molecule has 2 aliphatic rings. The number of ether oxygens (including phenoxy) is 3. The molecule has 138 valence electrons. The Balaban J connectivity index is 1.33. The first-order valence-corrected chi connectivity index (χ1v) is 8.96. The normalized spacial score (nSPS) is 15.1. The summed E-state index contributed by atoms with van der Waals surface area (Å²) in [5.74, 6) is 3.18. The molecule has 0 saturated heterocycles. The molecule has 1 amide bonds. The Morgan fingerprint density at radius 3 is 2.93 bits per heavy atom. The molecule has 0 radical (unpaired) electrons. The highest BCUT2D eigenvalue weighted by molar-refractivity contribution is 5.95. The Hall–Kier alpha value is -3.22. The van der Waals surface area contributed by atoms with Crippen molar-refractivity contribution < 1.29 is 19.0 Å². The number of fused-ring (bicyclic) bond motifs is 2. The van der Waals surface area contributed by atoms with E-state index >= 15 is 0 Å². The van der Waals surface area contributed by atoms with E-state index in [0.717, 1.165) is 41.1 Å². The van der Waals surface area contributed by atoms with Crippen molar-refractivity contribution in [1.82, 2.24) is 9.55 Å². The van der Waals surface area contributed by atoms with Gasteiger partial charge in [0.1, 0.15) is 18.2 Å². The molecule has 0 spiro atoms. The summed E-state index contributed by atoms with van der Waals surface area (Å²) in [5, 5.41) is 2.96. The number of aromatic nitrogens is 2. The van der Waals surface area contributed by atoms with Gasteiger partial charge in [-0.15, -0.1) is 0 Å². The summed E-state index contributed by atoms with van der Waals surface area (Å²) in [6.07, 6.45) is 1.97. The second-order valence-corrected chi connectivity index (χ2v) is 6.86. The number of hydrogen-bond donors (Lipinski definition) is 1. The first kappa shape index (κ1) is 16.0. The van der Waals surface area contributed by atoms with Crippen LogP contribution in [0.2, 0.25) is 0 Å². The standard InChI is InChI=1S/C20H19N3O4/c1-23-16-6-4-13(21-20(24)12-2-3-12)8-15(16)22-19(23)10-25-14-5-7-17-18(9-14)27-11-26-17/h4-9,12H,2-3,10-11H2,1H3,(H,21,24). The minimum absolute atomic E-state index is 0.0941. The number of nitrogens with zero attached hydrogens (tertiary/aromatic N) is 2. The lowest BCUT2D eigenvalue weighted by Crippen LogP contribution is -2.13. The minimum atomic E-state index is 0.0941. The summed E-state index contributed by atoms with van der Waals surface area (Å²) in [5.41, 5.74) is 2.60.